The Hall–Kier alpha value is -2.14. The van der Waals surface area contributed by atoms with Crippen LogP contribution in [0.1, 0.15) is 17.0 Å². The van der Waals surface area contributed by atoms with E-state index >= 15 is 0 Å². The second-order valence-corrected chi connectivity index (χ2v) is 8.97. The summed E-state index contributed by atoms with van der Waals surface area (Å²) in [6.45, 7) is 3.96. The summed E-state index contributed by atoms with van der Waals surface area (Å²) in [6.07, 6.45) is 1.62. The maximum absolute atomic E-state index is 12.6. The Morgan fingerprint density at radius 1 is 1.03 bits per heavy atom. The van der Waals surface area contributed by atoms with Gasteiger partial charge in [0.15, 0.2) is 0 Å². The summed E-state index contributed by atoms with van der Waals surface area (Å²) in [5, 5.41) is 12.3. The molecule has 0 unspecified atom stereocenters. The van der Waals surface area contributed by atoms with E-state index in [0.717, 1.165) is 36.1 Å². The quantitative estimate of drug-likeness (QED) is 0.270. The predicted octanol–water partition coefficient (Wildman–Crippen LogP) is 6.93. The largest absolute Gasteiger partial charge is 0.321 e. The number of rotatable bonds is 4. The van der Waals surface area contributed by atoms with Crippen LogP contribution >= 0.6 is 47.8 Å². The van der Waals surface area contributed by atoms with Crippen molar-refractivity contribution in [3.8, 4) is 11.8 Å². The number of hydrogen-bond donors (Lipinski definition) is 1. The van der Waals surface area contributed by atoms with Gasteiger partial charge < -0.3 is 9.88 Å². The molecule has 3 rings (SSSR count). The molecule has 0 aliphatic rings. The van der Waals surface area contributed by atoms with Crippen molar-refractivity contribution >= 4 is 65.5 Å². The monoisotopic (exact) mass is 575 g/mol. The van der Waals surface area contributed by atoms with Crippen molar-refractivity contribution in [3.63, 3.8) is 0 Å². The normalized spacial score (nSPS) is 11.2. The van der Waals surface area contributed by atoms with Crippen molar-refractivity contribution in [2.75, 3.05) is 5.32 Å². The lowest BCUT2D eigenvalue weighted by Crippen LogP contribution is -2.13. The number of benzene rings is 2. The molecular formula is C22H16Br3N3O. The molecule has 0 aliphatic heterocycles. The Balaban J connectivity index is 1.99. The summed E-state index contributed by atoms with van der Waals surface area (Å²) >= 11 is 10.5. The van der Waals surface area contributed by atoms with Crippen LogP contribution in [0.3, 0.4) is 0 Å². The molecule has 0 spiro atoms. The summed E-state index contributed by atoms with van der Waals surface area (Å²) in [6, 6.07) is 17.2. The Labute approximate surface area is 194 Å². The Morgan fingerprint density at radius 2 is 1.72 bits per heavy atom. The average molecular weight is 578 g/mol. The van der Waals surface area contributed by atoms with Crippen molar-refractivity contribution in [2.24, 2.45) is 0 Å². The third-order valence-electron chi connectivity index (χ3n) is 4.44. The van der Waals surface area contributed by atoms with Gasteiger partial charge in [-0.1, -0.05) is 37.9 Å². The van der Waals surface area contributed by atoms with Gasteiger partial charge in [-0.25, -0.2) is 0 Å². The first kappa shape index (κ1) is 21.6. The zero-order valence-electron chi connectivity index (χ0n) is 15.6. The van der Waals surface area contributed by atoms with Gasteiger partial charge in [0.1, 0.15) is 11.6 Å². The number of carbonyl (C=O) groups is 1. The topological polar surface area (TPSA) is 57.8 Å². The Kier molecular flexibility index (Phi) is 6.78. The van der Waals surface area contributed by atoms with Crippen molar-refractivity contribution in [1.82, 2.24) is 4.57 Å². The first-order valence-electron chi connectivity index (χ1n) is 8.64. The van der Waals surface area contributed by atoms with E-state index in [1.807, 2.05) is 56.3 Å². The van der Waals surface area contributed by atoms with Crippen LogP contribution < -0.4 is 5.32 Å². The van der Waals surface area contributed by atoms with Gasteiger partial charge in [0.2, 0.25) is 0 Å². The highest BCUT2D eigenvalue weighted by Gasteiger charge is 2.18. The van der Waals surface area contributed by atoms with Crippen LogP contribution in [0.25, 0.3) is 11.8 Å². The van der Waals surface area contributed by atoms with E-state index in [1.165, 1.54) is 0 Å². The van der Waals surface area contributed by atoms with E-state index in [4.69, 9.17) is 0 Å². The van der Waals surface area contributed by atoms with Gasteiger partial charge in [0.05, 0.1) is 0 Å². The van der Waals surface area contributed by atoms with Gasteiger partial charge in [0, 0.05) is 41.7 Å². The fourth-order valence-corrected chi connectivity index (χ4v) is 4.27. The molecule has 1 amide bonds. The average Bonchev–Trinajstić information content (AvgIpc) is 2.89. The van der Waals surface area contributed by atoms with Gasteiger partial charge in [-0.05, 0) is 78.3 Å². The fraction of sp³-hybridized carbons (Fsp3) is 0.0909. The molecule has 2 aromatic carbocycles. The molecule has 0 aliphatic carbocycles. The lowest BCUT2D eigenvalue weighted by atomic mass is 10.1. The number of halogens is 3. The predicted molar refractivity (Wildman–Crippen MR) is 127 cm³/mol. The molecular weight excluding hydrogens is 562 g/mol. The minimum atomic E-state index is -0.453. The highest BCUT2D eigenvalue weighted by Crippen LogP contribution is 2.32. The summed E-state index contributed by atoms with van der Waals surface area (Å²) in [5.74, 6) is -0.453. The third-order valence-corrected chi connectivity index (χ3v) is 6.46. The zero-order chi connectivity index (χ0) is 21.1. The van der Waals surface area contributed by atoms with E-state index in [2.05, 4.69) is 57.7 Å². The van der Waals surface area contributed by atoms with Crippen molar-refractivity contribution in [3.05, 3.63) is 84.5 Å². The molecule has 1 heterocycles. The van der Waals surface area contributed by atoms with E-state index in [0.29, 0.717) is 5.69 Å². The van der Waals surface area contributed by atoms with Crippen LogP contribution in [-0.2, 0) is 4.79 Å². The number of nitrogens with zero attached hydrogens (tertiary/aromatic N) is 2. The smallest absolute Gasteiger partial charge is 0.266 e. The lowest BCUT2D eigenvalue weighted by molar-refractivity contribution is -0.112. The maximum atomic E-state index is 12.6. The van der Waals surface area contributed by atoms with Crippen LogP contribution in [0, 0.1) is 25.2 Å². The van der Waals surface area contributed by atoms with Crippen LogP contribution in [0.2, 0.25) is 0 Å². The first-order valence-corrected chi connectivity index (χ1v) is 11.0. The van der Waals surface area contributed by atoms with Crippen LogP contribution in [0.4, 0.5) is 5.69 Å². The molecule has 0 bridgehead atoms. The van der Waals surface area contributed by atoms with E-state index in [9.17, 15) is 10.1 Å². The molecule has 3 aromatic rings. The minimum absolute atomic E-state index is 0.0294. The Morgan fingerprint density at radius 3 is 2.34 bits per heavy atom. The van der Waals surface area contributed by atoms with Crippen LogP contribution in [0.15, 0.2) is 67.5 Å². The zero-order valence-corrected chi connectivity index (χ0v) is 20.4. The maximum Gasteiger partial charge on any atom is 0.266 e. The van der Waals surface area contributed by atoms with Gasteiger partial charge in [0.25, 0.3) is 5.91 Å². The molecule has 0 saturated heterocycles. The number of anilines is 1. The second kappa shape index (κ2) is 9.12. The third kappa shape index (κ3) is 4.72. The van der Waals surface area contributed by atoms with Crippen LogP contribution in [-0.4, -0.2) is 10.5 Å². The molecule has 4 nitrogen and oxygen atoms in total. The number of nitrogens with one attached hydrogen (secondary N) is 1. The summed E-state index contributed by atoms with van der Waals surface area (Å²) in [5.41, 5.74) is 4.36. The van der Waals surface area contributed by atoms with Crippen molar-refractivity contribution in [1.29, 1.82) is 5.26 Å². The minimum Gasteiger partial charge on any atom is -0.321 e. The summed E-state index contributed by atoms with van der Waals surface area (Å²) in [4.78, 5) is 12.6. The number of nitriles is 1. The van der Waals surface area contributed by atoms with Gasteiger partial charge in [-0.2, -0.15) is 5.26 Å². The van der Waals surface area contributed by atoms with Crippen LogP contribution in [0.5, 0.6) is 0 Å². The Bertz CT molecular complexity index is 1160. The molecule has 0 radical (unpaired) electrons. The molecule has 0 atom stereocenters. The fourth-order valence-electron chi connectivity index (χ4n) is 3.03. The molecule has 0 fully saturated rings. The SMILES string of the molecule is Cc1c(Br)c(/C=C(/C#N)C(=O)Nc2cccc(Br)c2)c(C)n1-c1ccc(Br)cc1. The van der Waals surface area contributed by atoms with Crippen molar-refractivity contribution < 1.29 is 4.79 Å². The molecule has 7 heteroatoms. The highest BCUT2D eigenvalue weighted by atomic mass is 79.9. The number of amides is 1. The van der Waals surface area contributed by atoms with Crippen molar-refractivity contribution in [2.45, 2.75) is 13.8 Å². The van der Waals surface area contributed by atoms with Gasteiger partial charge in [-0.3, -0.25) is 4.79 Å². The highest BCUT2D eigenvalue weighted by molar-refractivity contribution is 9.11. The number of carbonyl (C=O) groups excluding carboxylic acids is 1. The lowest BCUT2D eigenvalue weighted by Gasteiger charge is -2.09. The molecule has 146 valence electrons. The van der Waals surface area contributed by atoms with Gasteiger partial charge >= 0.3 is 0 Å². The van der Waals surface area contributed by atoms with Gasteiger partial charge in [-0.15, -0.1) is 0 Å². The molecule has 1 aromatic heterocycles. The van der Waals surface area contributed by atoms with E-state index < -0.39 is 5.91 Å². The van der Waals surface area contributed by atoms with E-state index in [-0.39, 0.29) is 5.57 Å². The summed E-state index contributed by atoms with van der Waals surface area (Å²) < 4.78 is 4.78. The molecule has 1 N–H and O–H groups in total. The standard InChI is InChI=1S/C22H16Br3N3O/c1-13-20(21(25)14(2)28(13)19-8-6-16(23)7-9-19)10-15(12-26)22(29)27-18-5-3-4-17(24)11-18/h3-11H,1-2H3,(H,27,29)/b15-10-. The number of aromatic nitrogens is 1. The first-order chi connectivity index (χ1) is 13.8. The van der Waals surface area contributed by atoms with E-state index in [1.54, 1.807) is 18.2 Å². The second-order valence-electron chi connectivity index (χ2n) is 6.34. The summed E-state index contributed by atoms with van der Waals surface area (Å²) in [7, 11) is 0. The molecule has 0 saturated carbocycles. The molecule has 29 heavy (non-hydrogen) atoms. The number of hydrogen-bond acceptors (Lipinski definition) is 2.